The summed E-state index contributed by atoms with van der Waals surface area (Å²) in [5.74, 6) is -1.19. The van der Waals surface area contributed by atoms with Gasteiger partial charge in [0.15, 0.2) is 0 Å². The average Bonchev–Trinajstić information content (AvgIpc) is 2.86. The Kier molecular flexibility index (Phi) is 9.73. The molecule has 0 saturated heterocycles. The van der Waals surface area contributed by atoms with E-state index in [2.05, 4.69) is 31.0 Å². The van der Waals surface area contributed by atoms with Crippen LogP contribution in [-0.4, -0.2) is 34.4 Å². The number of esters is 1. The van der Waals surface area contributed by atoms with Crippen molar-refractivity contribution < 1.29 is 28.1 Å². The van der Waals surface area contributed by atoms with Crippen LogP contribution >= 0.6 is 23.4 Å². The van der Waals surface area contributed by atoms with E-state index >= 15 is 0 Å². The molecule has 0 aliphatic carbocycles. The van der Waals surface area contributed by atoms with Gasteiger partial charge in [-0.3, -0.25) is 19.3 Å². The lowest BCUT2D eigenvalue weighted by Gasteiger charge is -2.24. The van der Waals surface area contributed by atoms with Gasteiger partial charge < -0.3 is 14.4 Å². The topological polar surface area (TPSA) is 110 Å². The minimum absolute atomic E-state index is 0.140. The van der Waals surface area contributed by atoms with E-state index in [1.54, 1.807) is 64.1 Å². The van der Waals surface area contributed by atoms with Crippen molar-refractivity contribution in [3.8, 4) is 5.75 Å². The molecule has 3 rings (SSSR count). The summed E-state index contributed by atoms with van der Waals surface area (Å²) in [5.41, 5.74) is 1.35. The summed E-state index contributed by atoms with van der Waals surface area (Å²) in [6.07, 6.45) is 2.51. The van der Waals surface area contributed by atoms with Gasteiger partial charge in [0, 0.05) is 29.6 Å². The quantitative estimate of drug-likeness (QED) is 0.176. The van der Waals surface area contributed by atoms with Crippen molar-refractivity contribution in [2.45, 2.75) is 46.4 Å². The Balaban J connectivity index is 1.91. The van der Waals surface area contributed by atoms with Crippen LogP contribution in [0.3, 0.4) is 0 Å². The van der Waals surface area contributed by atoms with Crippen molar-refractivity contribution >= 4 is 46.6 Å². The number of carbonyl (C=O) groups is 1. The van der Waals surface area contributed by atoms with Crippen molar-refractivity contribution in [3.05, 3.63) is 81.8 Å². The van der Waals surface area contributed by atoms with Gasteiger partial charge in [0.2, 0.25) is 0 Å². The number of ether oxygens (including phenoxy) is 1. The smallest absolute Gasteiger partial charge is 0.323 e. The molecule has 0 fully saturated rings. The molecule has 1 aromatic heterocycles. The molecule has 0 saturated carbocycles. The van der Waals surface area contributed by atoms with Gasteiger partial charge >= 0.3 is 13.5 Å². The number of aromatic hydroxyl groups is 1. The molecule has 0 spiro atoms. The van der Waals surface area contributed by atoms with Crippen LogP contribution in [0.4, 0.5) is 10.1 Å². The number of pyridine rings is 1. The molecule has 2 aromatic carbocycles. The SMILES string of the molecule is Cc1ncc(COP(=O)(N[C@H](C)C(=O)OC(C)C)c2ccccc2)c(C=Nc2ccc(Br)c(F)c2)c1O. The van der Waals surface area contributed by atoms with Gasteiger partial charge in [-0.15, -0.1) is 0 Å². The van der Waals surface area contributed by atoms with E-state index in [0.717, 1.165) is 0 Å². The lowest BCUT2D eigenvalue weighted by Crippen LogP contribution is -2.37. The van der Waals surface area contributed by atoms with Crippen molar-refractivity contribution in [2.24, 2.45) is 4.99 Å². The van der Waals surface area contributed by atoms with Gasteiger partial charge in [-0.2, -0.15) is 0 Å². The van der Waals surface area contributed by atoms with E-state index in [-0.39, 0.29) is 24.0 Å². The Bertz CT molecular complexity index is 1340. The monoisotopic (exact) mass is 591 g/mol. The summed E-state index contributed by atoms with van der Waals surface area (Å²) in [4.78, 5) is 20.8. The lowest BCUT2D eigenvalue weighted by atomic mass is 10.1. The third-order valence-electron chi connectivity index (χ3n) is 5.17. The molecular weight excluding hydrogens is 564 g/mol. The standard InChI is InChI=1S/C26H28BrFN3O5P/c1-16(2)36-26(33)18(4)31-37(34,21-8-6-5-7-9-21)35-15-19-13-29-17(3)25(32)22(19)14-30-20-10-11-23(27)24(28)12-20/h5-14,16,18,32H,15H2,1-4H3,(H,31,34)/t18-,37?/m1/s1. The van der Waals surface area contributed by atoms with Crippen LogP contribution in [-0.2, 0) is 25.2 Å². The normalized spacial score (nSPS) is 14.0. The number of carbonyl (C=O) groups excluding carboxylic acids is 1. The number of hydrogen-bond donors (Lipinski definition) is 2. The molecule has 196 valence electrons. The second kappa shape index (κ2) is 12.6. The minimum atomic E-state index is -3.79. The number of nitrogens with one attached hydrogen (secondary N) is 1. The number of rotatable bonds is 10. The molecule has 2 atom stereocenters. The van der Waals surface area contributed by atoms with Gasteiger partial charge in [-0.25, -0.2) is 9.48 Å². The number of halogens is 2. The van der Waals surface area contributed by atoms with E-state index < -0.39 is 25.3 Å². The predicted molar refractivity (Wildman–Crippen MR) is 144 cm³/mol. The van der Waals surface area contributed by atoms with E-state index in [4.69, 9.17) is 9.26 Å². The zero-order chi connectivity index (χ0) is 27.2. The fourth-order valence-corrected chi connectivity index (χ4v) is 5.35. The Morgan fingerprint density at radius 3 is 2.59 bits per heavy atom. The number of aromatic nitrogens is 1. The summed E-state index contributed by atoms with van der Waals surface area (Å²) in [5, 5.41) is 13.8. The number of aryl methyl sites for hydroxylation is 1. The van der Waals surface area contributed by atoms with Gasteiger partial charge in [0.25, 0.3) is 0 Å². The number of hydrogen-bond acceptors (Lipinski definition) is 7. The highest BCUT2D eigenvalue weighted by atomic mass is 79.9. The summed E-state index contributed by atoms with van der Waals surface area (Å²) >= 11 is 3.10. The number of aliphatic imine (C=N–C) groups is 1. The van der Waals surface area contributed by atoms with Gasteiger partial charge in [0.1, 0.15) is 17.6 Å². The summed E-state index contributed by atoms with van der Waals surface area (Å²) in [6, 6.07) is 11.9. The van der Waals surface area contributed by atoms with Crippen LogP contribution in [0.25, 0.3) is 0 Å². The molecule has 8 nitrogen and oxygen atoms in total. The van der Waals surface area contributed by atoms with Crippen molar-refractivity contribution in [2.75, 3.05) is 0 Å². The molecule has 37 heavy (non-hydrogen) atoms. The van der Waals surface area contributed by atoms with Crippen LogP contribution in [0.15, 0.2) is 64.2 Å². The summed E-state index contributed by atoms with van der Waals surface area (Å²) < 4.78 is 39.3. The molecule has 0 amide bonds. The maximum atomic E-state index is 14.0. The minimum Gasteiger partial charge on any atom is -0.505 e. The van der Waals surface area contributed by atoms with Crippen LogP contribution in [0.1, 0.15) is 37.6 Å². The molecule has 2 N–H and O–H groups in total. The molecule has 0 bridgehead atoms. The Labute approximate surface area is 223 Å². The first-order valence-corrected chi connectivity index (χ1v) is 13.9. The second-order valence-corrected chi connectivity index (χ2v) is 11.5. The third kappa shape index (κ3) is 7.55. The first-order chi connectivity index (χ1) is 17.5. The second-order valence-electron chi connectivity index (χ2n) is 8.48. The molecule has 1 unspecified atom stereocenters. The van der Waals surface area contributed by atoms with Gasteiger partial charge in [-0.05, 0) is 67.9 Å². The fourth-order valence-electron chi connectivity index (χ4n) is 3.23. The third-order valence-corrected chi connectivity index (χ3v) is 8.01. The van der Waals surface area contributed by atoms with Crippen LogP contribution < -0.4 is 10.4 Å². The van der Waals surface area contributed by atoms with E-state index in [1.807, 2.05) is 0 Å². The van der Waals surface area contributed by atoms with E-state index in [0.29, 0.717) is 26.7 Å². The molecule has 3 aromatic rings. The predicted octanol–water partition coefficient (Wildman–Crippen LogP) is 5.71. The van der Waals surface area contributed by atoms with Gasteiger partial charge in [-0.1, -0.05) is 18.2 Å². The number of benzene rings is 2. The van der Waals surface area contributed by atoms with Crippen LogP contribution in [0, 0.1) is 12.7 Å². The molecule has 0 radical (unpaired) electrons. The maximum absolute atomic E-state index is 14.0. The van der Waals surface area contributed by atoms with E-state index in [9.17, 15) is 18.9 Å². The molecule has 11 heteroatoms. The highest BCUT2D eigenvalue weighted by Crippen LogP contribution is 2.43. The highest BCUT2D eigenvalue weighted by Gasteiger charge is 2.32. The van der Waals surface area contributed by atoms with Crippen molar-refractivity contribution in [3.63, 3.8) is 0 Å². The summed E-state index contributed by atoms with van der Waals surface area (Å²) in [6.45, 7) is 6.37. The highest BCUT2D eigenvalue weighted by molar-refractivity contribution is 9.10. The largest absolute Gasteiger partial charge is 0.505 e. The first kappa shape index (κ1) is 28.7. The maximum Gasteiger partial charge on any atom is 0.323 e. The average molecular weight is 592 g/mol. The molecule has 0 aliphatic rings. The Hall–Kier alpha value is -2.91. The zero-order valence-corrected chi connectivity index (χ0v) is 23.3. The van der Waals surface area contributed by atoms with E-state index in [1.165, 1.54) is 24.5 Å². The van der Waals surface area contributed by atoms with Crippen molar-refractivity contribution in [1.29, 1.82) is 0 Å². The molecular formula is C26H28BrFN3O5P. The molecule has 0 aliphatic heterocycles. The molecule has 1 heterocycles. The Morgan fingerprint density at radius 1 is 1.24 bits per heavy atom. The number of nitrogens with zero attached hydrogens (tertiary/aromatic N) is 2. The lowest BCUT2D eigenvalue weighted by molar-refractivity contribution is -0.149. The first-order valence-electron chi connectivity index (χ1n) is 11.4. The van der Waals surface area contributed by atoms with Crippen LogP contribution in [0.5, 0.6) is 5.75 Å². The Morgan fingerprint density at radius 2 is 1.95 bits per heavy atom. The van der Waals surface area contributed by atoms with Crippen LogP contribution in [0.2, 0.25) is 0 Å². The fraction of sp³-hybridized carbons (Fsp3) is 0.269. The zero-order valence-electron chi connectivity index (χ0n) is 20.8. The summed E-state index contributed by atoms with van der Waals surface area (Å²) in [7, 11) is -3.79. The van der Waals surface area contributed by atoms with Crippen molar-refractivity contribution in [1.82, 2.24) is 10.1 Å². The van der Waals surface area contributed by atoms with Gasteiger partial charge in [0.05, 0.1) is 33.9 Å².